The summed E-state index contributed by atoms with van der Waals surface area (Å²) in [7, 11) is 2.15. The minimum Gasteiger partial charge on any atom is -0.471 e. The highest BCUT2D eigenvalue weighted by Crippen LogP contribution is 2.61. The number of morpholine rings is 1. The first-order chi connectivity index (χ1) is 23.2. The number of ether oxygens (including phenoxy) is 2. The molecular weight excluding hydrogens is 576 g/mol. The third-order valence-electron chi connectivity index (χ3n) is 11.2. The van der Waals surface area contributed by atoms with Crippen molar-refractivity contribution < 1.29 is 9.47 Å². The first-order valence-corrected chi connectivity index (χ1v) is 16.9. The monoisotopic (exact) mass is 612 g/mol. The minimum absolute atomic E-state index is 0.278. The molecule has 4 heteroatoms. The standard InChI is InChI=1S/C43H36N2O2/c1-44-22-20-35-39-34-14-8-7-13-33(34)37-27-28-9-5-6-12-32(28)38(37)40(39)36-19-21-43(47-42(36)41(35)44,29-10-3-2-4-11-29)30-15-17-31(18-16-30)45-23-25-46-26-24-45/h2-22,37-38H,23-27H2,1H3. The predicted molar refractivity (Wildman–Crippen MR) is 189 cm³/mol. The lowest BCUT2D eigenvalue weighted by Crippen LogP contribution is -2.37. The van der Waals surface area contributed by atoms with Crippen molar-refractivity contribution in [1.29, 1.82) is 0 Å². The molecular formula is C43H36N2O2. The van der Waals surface area contributed by atoms with Gasteiger partial charge in [0, 0.05) is 60.0 Å². The zero-order chi connectivity index (χ0) is 31.1. The zero-order valence-electron chi connectivity index (χ0n) is 26.5. The fraction of sp³-hybridized carbons (Fsp3) is 0.209. The van der Waals surface area contributed by atoms with Crippen LogP contribution < -0.4 is 9.64 Å². The number of hydrogen-bond donors (Lipinski definition) is 0. The van der Waals surface area contributed by atoms with Gasteiger partial charge in [-0.25, -0.2) is 0 Å². The van der Waals surface area contributed by atoms with Crippen LogP contribution in [0.2, 0.25) is 0 Å². The maximum atomic E-state index is 7.58. The van der Waals surface area contributed by atoms with Crippen molar-refractivity contribution in [3.63, 3.8) is 0 Å². The largest absolute Gasteiger partial charge is 0.471 e. The molecule has 3 heterocycles. The molecule has 10 rings (SSSR count). The van der Waals surface area contributed by atoms with Gasteiger partial charge in [-0.05, 0) is 70.0 Å². The normalized spacial score (nSPS) is 22.2. The summed E-state index contributed by atoms with van der Waals surface area (Å²) < 4.78 is 15.4. The molecule has 0 N–H and O–H groups in total. The van der Waals surface area contributed by atoms with E-state index in [4.69, 9.17) is 9.47 Å². The highest BCUT2D eigenvalue weighted by molar-refractivity contribution is 6.06. The number of nitrogens with zero attached hydrogens (tertiary/aromatic N) is 2. The molecule has 4 aliphatic rings. The van der Waals surface area contributed by atoms with E-state index in [1.165, 1.54) is 50.0 Å². The van der Waals surface area contributed by atoms with Gasteiger partial charge in [0.2, 0.25) is 0 Å². The van der Waals surface area contributed by atoms with Gasteiger partial charge in [0.05, 0.1) is 18.7 Å². The van der Waals surface area contributed by atoms with Crippen molar-refractivity contribution in [2.45, 2.75) is 23.9 Å². The molecule has 4 nitrogen and oxygen atoms in total. The number of rotatable bonds is 3. The molecule has 0 radical (unpaired) electrons. The molecule has 5 aromatic carbocycles. The summed E-state index contributed by atoms with van der Waals surface area (Å²) in [6, 6.07) is 40.2. The van der Waals surface area contributed by atoms with Crippen LogP contribution in [0.25, 0.3) is 28.1 Å². The molecule has 0 amide bonds. The highest BCUT2D eigenvalue weighted by atomic mass is 16.5. The molecule has 3 unspecified atom stereocenters. The second-order valence-corrected chi connectivity index (χ2v) is 13.5. The first kappa shape index (κ1) is 27.1. The molecule has 0 spiro atoms. The molecule has 47 heavy (non-hydrogen) atoms. The van der Waals surface area contributed by atoms with Gasteiger partial charge in [-0.15, -0.1) is 0 Å². The van der Waals surface area contributed by atoms with Crippen molar-refractivity contribution in [2.24, 2.45) is 7.05 Å². The van der Waals surface area contributed by atoms with Gasteiger partial charge in [-0.1, -0.05) is 97.1 Å². The Bertz CT molecular complexity index is 2210. The van der Waals surface area contributed by atoms with E-state index in [1.807, 2.05) is 0 Å². The third kappa shape index (κ3) is 3.85. The molecule has 6 aromatic rings. The summed E-state index contributed by atoms with van der Waals surface area (Å²) in [5.41, 5.74) is 13.6. The van der Waals surface area contributed by atoms with Gasteiger partial charge in [0.1, 0.15) is 0 Å². The fourth-order valence-corrected chi connectivity index (χ4v) is 9.01. The lowest BCUT2D eigenvalue weighted by atomic mass is 9.68. The number of aryl methyl sites for hydroxylation is 1. The Hall–Kier alpha value is -5.06. The van der Waals surface area contributed by atoms with E-state index in [0.717, 1.165) is 55.1 Å². The lowest BCUT2D eigenvalue weighted by molar-refractivity contribution is 0.122. The fourth-order valence-electron chi connectivity index (χ4n) is 9.01. The molecule has 0 bridgehead atoms. The molecule has 1 aromatic heterocycles. The Morgan fingerprint density at radius 2 is 1.47 bits per heavy atom. The smallest absolute Gasteiger partial charge is 0.178 e. The van der Waals surface area contributed by atoms with E-state index < -0.39 is 5.60 Å². The van der Waals surface area contributed by atoms with Crippen LogP contribution >= 0.6 is 0 Å². The highest BCUT2D eigenvalue weighted by Gasteiger charge is 2.46. The van der Waals surface area contributed by atoms with Crippen LogP contribution in [0, 0.1) is 0 Å². The lowest BCUT2D eigenvalue weighted by Gasteiger charge is -2.40. The van der Waals surface area contributed by atoms with Gasteiger partial charge in [-0.3, -0.25) is 0 Å². The van der Waals surface area contributed by atoms with Crippen LogP contribution in [0.15, 0.2) is 121 Å². The predicted octanol–water partition coefficient (Wildman–Crippen LogP) is 8.82. The van der Waals surface area contributed by atoms with Crippen LogP contribution in [-0.4, -0.2) is 30.9 Å². The van der Waals surface area contributed by atoms with Crippen LogP contribution in [0.1, 0.15) is 50.8 Å². The van der Waals surface area contributed by atoms with Crippen molar-refractivity contribution in [3.8, 4) is 16.9 Å². The molecule has 2 aliphatic carbocycles. The third-order valence-corrected chi connectivity index (χ3v) is 11.2. The summed E-state index contributed by atoms with van der Waals surface area (Å²) in [6.07, 6.45) is 7.97. The quantitative estimate of drug-likeness (QED) is 0.200. The van der Waals surface area contributed by atoms with Crippen molar-refractivity contribution in [2.75, 3.05) is 31.2 Å². The van der Waals surface area contributed by atoms with E-state index in [1.54, 1.807) is 0 Å². The molecule has 0 saturated carbocycles. The topological polar surface area (TPSA) is 26.6 Å². The summed E-state index contributed by atoms with van der Waals surface area (Å²) in [6.45, 7) is 3.37. The Morgan fingerprint density at radius 1 is 0.745 bits per heavy atom. The molecule has 1 fully saturated rings. The number of aromatic nitrogens is 1. The minimum atomic E-state index is -0.775. The number of fused-ring (bicyclic) bond motifs is 13. The average molecular weight is 613 g/mol. The van der Waals surface area contributed by atoms with Gasteiger partial charge in [0.25, 0.3) is 0 Å². The van der Waals surface area contributed by atoms with Crippen LogP contribution in [0.4, 0.5) is 5.69 Å². The SMILES string of the molecule is Cn1ccc2c3c(c4c(c21)OC(c1ccccc1)(c1ccc(N2CCOCC2)cc1)C=C4)C1c2ccccc2CC1c1ccccc1-3. The Balaban J connectivity index is 1.22. The molecule has 230 valence electrons. The van der Waals surface area contributed by atoms with Crippen molar-refractivity contribution in [1.82, 2.24) is 4.57 Å². The Labute approximate surface area is 275 Å². The summed E-state index contributed by atoms with van der Waals surface area (Å²) in [5.74, 6) is 1.65. The van der Waals surface area contributed by atoms with E-state index in [0.29, 0.717) is 5.92 Å². The Kier molecular flexibility index (Phi) is 5.89. The van der Waals surface area contributed by atoms with Crippen molar-refractivity contribution in [3.05, 3.63) is 160 Å². The molecule has 2 aliphatic heterocycles. The Morgan fingerprint density at radius 3 is 2.30 bits per heavy atom. The van der Waals surface area contributed by atoms with Crippen LogP contribution in [-0.2, 0) is 23.8 Å². The van der Waals surface area contributed by atoms with Gasteiger partial charge >= 0.3 is 0 Å². The number of anilines is 1. The summed E-state index contributed by atoms with van der Waals surface area (Å²) in [5, 5.41) is 1.26. The van der Waals surface area contributed by atoms with Gasteiger partial charge in [0.15, 0.2) is 11.4 Å². The average Bonchev–Trinajstić information content (AvgIpc) is 3.73. The second-order valence-electron chi connectivity index (χ2n) is 13.5. The van der Waals surface area contributed by atoms with E-state index in [2.05, 4.69) is 144 Å². The zero-order valence-corrected chi connectivity index (χ0v) is 26.5. The maximum absolute atomic E-state index is 7.58. The van der Waals surface area contributed by atoms with Crippen molar-refractivity contribution >= 4 is 22.7 Å². The van der Waals surface area contributed by atoms with E-state index in [-0.39, 0.29) is 5.92 Å². The van der Waals surface area contributed by atoms with Crippen LogP contribution in [0.3, 0.4) is 0 Å². The van der Waals surface area contributed by atoms with E-state index in [9.17, 15) is 0 Å². The number of benzene rings is 5. The first-order valence-electron chi connectivity index (χ1n) is 16.9. The van der Waals surface area contributed by atoms with Crippen LogP contribution in [0.5, 0.6) is 5.75 Å². The summed E-state index contributed by atoms with van der Waals surface area (Å²) in [4.78, 5) is 2.41. The molecule has 1 saturated heterocycles. The molecule has 3 atom stereocenters. The second kappa shape index (κ2) is 10.2. The maximum Gasteiger partial charge on any atom is 0.178 e. The van der Waals surface area contributed by atoms with E-state index >= 15 is 0 Å². The summed E-state index contributed by atoms with van der Waals surface area (Å²) >= 11 is 0. The van der Waals surface area contributed by atoms with Gasteiger partial charge < -0.3 is 18.9 Å². The van der Waals surface area contributed by atoms with Gasteiger partial charge in [-0.2, -0.15) is 0 Å². The number of hydrogen-bond acceptors (Lipinski definition) is 3.